The van der Waals surface area contributed by atoms with Crippen LogP contribution in [0.15, 0.2) is 55.3 Å². The van der Waals surface area contributed by atoms with Crippen molar-refractivity contribution in [2.24, 2.45) is 4.99 Å². The van der Waals surface area contributed by atoms with Gasteiger partial charge in [-0.3, -0.25) is 0 Å². The lowest BCUT2D eigenvalue weighted by Crippen LogP contribution is -2.04. The number of benzene rings is 1. The molecule has 100 valence electrons. The first-order chi connectivity index (χ1) is 9.61. The zero-order chi connectivity index (χ0) is 14.1. The zero-order valence-electron chi connectivity index (χ0n) is 9.97. The lowest BCUT2D eigenvalue weighted by molar-refractivity contribution is -0.129. The predicted octanol–water partition coefficient (Wildman–Crippen LogP) is 4.62. The molecule has 1 aromatic carbocycles. The van der Waals surface area contributed by atoms with Crippen LogP contribution in [0.25, 0.3) is 6.08 Å². The number of esters is 1. The van der Waals surface area contributed by atoms with Crippen LogP contribution in [0.3, 0.4) is 0 Å². The number of nitrogens with zero attached hydrogens (tertiary/aromatic N) is 1. The Kier molecular flexibility index (Phi) is 3.87. The molecule has 1 aliphatic rings. The monoisotopic (exact) mass is 411 g/mol. The molecule has 0 fully saturated rings. The fourth-order valence-electron chi connectivity index (χ4n) is 1.66. The first-order valence-corrected chi connectivity index (χ1v) is 8.11. The summed E-state index contributed by atoms with van der Waals surface area (Å²) in [5.74, 6) is -0.0863. The van der Waals surface area contributed by atoms with Crippen LogP contribution < -0.4 is 0 Å². The lowest BCUT2D eigenvalue weighted by atomic mass is 10.2. The van der Waals surface area contributed by atoms with Crippen LogP contribution in [0.4, 0.5) is 0 Å². The number of carbonyl (C=O) groups excluding carboxylic acids is 1. The number of thiophene rings is 1. The molecule has 3 nitrogen and oxygen atoms in total. The quantitative estimate of drug-likeness (QED) is 0.533. The minimum atomic E-state index is -0.424. The van der Waals surface area contributed by atoms with Gasteiger partial charge in [-0.25, -0.2) is 9.79 Å². The average molecular weight is 413 g/mol. The second-order valence-electron chi connectivity index (χ2n) is 4.01. The van der Waals surface area contributed by atoms with Gasteiger partial charge in [0.25, 0.3) is 0 Å². The summed E-state index contributed by atoms with van der Waals surface area (Å²) in [7, 11) is 0. The van der Waals surface area contributed by atoms with Crippen molar-refractivity contribution in [3.05, 3.63) is 60.8 Å². The third kappa shape index (κ3) is 2.92. The topological polar surface area (TPSA) is 38.7 Å². The summed E-state index contributed by atoms with van der Waals surface area (Å²) in [5, 5.41) is 1.95. The number of cyclic esters (lactones) is 1. The average Bonchev–Trinajstić information content (AvgIpc) is 2.98. The Labute approximate surface area is 136 Å². The molecule has 20 heavy (non-hydrogen) atoms. The van der Waals surface area contributed by atoms with Crippen molar-refractivity contribution < 1.29 is 9.53 Å². The van der Waals surface area contributed by atoms with Crippen molar-refractivity contribution in [1.29, 1.82) is 0 Å². The normalized spacial score (nSPS) is 16.4. The summed E-state index contributed by atoms with van der Waals surface area (Å²) in [4.78, 5) is 17.0. The van der Waals surface area contributed by atoms with E-state index in [1.54, 1.807) is 6.08 Å². The molecule has 0 atom stereocenters. The highest BCUT2D eigenvalue weighted by Gasteiger charge is 2.24. The van der Waals surface area contributed by atoms with Gasteiger partial charge in [-0.15, -0.1) is 11.3 Å². The number of hydrogen-bond acceptors (Lipinski definition) is 4. The summed E-state index contributed by atoms with van der Waals surface area (Å²) >= 11 is 8.27. The molecule has 0 unspecified atom stereocenters. The van der Waals surface area contributed by atoms with E-state index in [9.17, 15) is 4.79 Å². The maximum absolute atomic E-state index is 11.8. The minimum Gasteiger partial charge on any atom is -0.402 e. The van der Waals surface area contributed by atoms with Crippen LogP contribution in [0.5, 0.6) is 0 Å². The zero-order valence-corrected chi connectivity index (χ0v) is 14.0. The smallest absolute Gasteiger partial charge is 0.363 e. The fraction of sp³-hybridized carbons (Fsp3) is 0. The first-order valence-electron chi connectivity index (χ1n) is 5.64. The molecule has 0 spiro atoms. The Morgan fingerprint density at radius 2 is 1.90 bits per heavy atom. The number of aliphatic imine (C=N–C) groups is 1. The Hall–Kier alpha value is -1.24. The predicted molar refractivity (Wildman–Crippen MR) is 86.8 cm³/mol. The van der Waals surface area contributed by atoms with Gasteiger partial charge in [-0.2, -0.15) is 0 Å². The summed E-state index contributed by atoms with van der Waals surface area (Å²) in [6, 6.07) is 9.38. The van der Waals surface area contributed by atoms with E-state index in [4.69, 9.17) is 4.74 Å². The lowest BCUT2D eigenvalue weighted by Gasteiger charge is -1.98. The summed E-state index contributed by atoms with van der Waals surface area (Å²) in [6.07, 6.45) is 1.73. The van der Waals surface area contributed by atoms with Gasteiger partial charge in [0.15, 0.2) is 5.70 Å². The molecule has 0 saturated carbocycles. The van der Waals surface area contributed by atoms with E-state index in [0.29, 0.717) is 11.6 Å². The Morgan fingerprint density at radius 3 is 2.55 bits per heavy atom. The third-order valence-electron chi connectivity index (χ3n) is 2.58. The molecular formula is C14H7Br2NO2S. The van der Waals surface area contributed by atoms with Crippen molar-refractivity contribution >= 4 is 61.1 Å². The van der Waals surface area contributed by atoms with Crippen LogP contribution in [0.2, 0.25) is 0 Å². The van der Waals surface area contributed by atoms with Crippen molar-refractivity contribution in [3.8, 4) is 0 Å². The van der Waals surface area contributed by atoms with Crippen LogP contribution >= 0.6 is 43.2 Å². The van der Waals surface area contributed by atoms with E-state index in [2.05, 4.69) is 36.9 Å². The van der Waals surface area contributed by atoms with Gasteiger partial charge in [0.1, 0.15) is 0 Å². The van der Waals surface area contributed by atoms with Crippen molar-refractivity contribution in [2.45, 2.75) is 0 Å². The molecule has 0 N–H and O–H groups in total. The van der Waals surface area contributed by atoms with Crippen LogP contribution in [0.1, 0.15) is 10.4 Å². The highest BCUT2D eigenvalue weighted by atomic mass is 79.9. The van der Waals surface area contributed by atoms with Crippen molar-refractivity contribution in [1.82, 2.24) is 0 Å². The number of carbonyl (C=O) groups is 1. The maximum atomic E-state index is 11.8. The largest absolute Gasteiger partial charge is 0.402 e. The highest BCUT2D eigenvalue weighted by molar-refractivity contribution is 9.10. The number of rotatable bonds is 2. The second kappa shape index (κ2) is 5.63. The SMILES string of the molecule is O=C1OC(c2ccc(Br)cc2)=N/C1=C\c1cc(Br)cs1. The molecule has 0 bridgehead atoms. The third-order valence-corrected chi connectivity index (χ3v) is 4.75. The molecule has 0 saturated heterocycles. The number of hydrogen-bond donors (Lipinski definition) is 0. The van der Waals surface area contributed by atoms with Gasteiger partial charge in [0, 0.05) is 24.8 Å². The Balaban J connectivity index is 1.92. The van der Waals surface area contributed by atoms with Crippen LogP contribution in [-0.4, -0.2) is 11.9 Å². The van der Waals surface area contributed by atoms with Gasteiger partial charge in [0.05, 0.1) is 0 Å². The summed E-state index contributed by atoms with van der Waals surface area (Å²) in [5.41, 5.74) is 1.09. The molecule has 1 aromatic heterocycles. The first kappa shape index (κ1) is 13.7. The molecule has 6 heteroatoms. The minimum absolute atomic E-state index is 0.317. The Morgan fingerprint density at radius 1 is 1.15 bits per heavy atom. The molecule has 2 heterocycles. The number of ether oxygens (including phenoxy) is 1. The van der Waals surface area contributed by atoms with Crippen LogP contribution in [0, 0.1) is 0 Å². The molecule has 1 aliphatic heterocycles. The van der Waals surface area contributed by atoms with Gasteiger partial charge < -0.3 is 4.74 Å². The molecule has 0 radical (unpaired) electrons. The maximum Gasteiger partial charge on any atom is 0.363 e. The van der Waals surface area contributed by atoms with E-state index in [-0.39, 0.29) is 0 Å². The summed E-state index contributed by atoms with van der Waals surface area (Å²) in [6.45, 7) is 0. The van der Waals surface area contributed by atoms with Gasteiger partial charge >= 0.3 is 5.97 Å². The Bertz CT molecular complexity index is 732. The summed E-state index contributed by atoms with van der Waals surface area (Å²) < 4.78 is 7.15. The highest BCUT2D eigenvalue weighted by Crippen LogP contribution is 2.25. The van der Waals surface area contributed by atoms with E-state index >= 15 is 0 Å². The molecule has 0 amide bonds. The number of halogens is 2. The van der Waals surface area contributed by atoms with Gasteiger partial charge in [-0.1, -0.05) is 15.9 Å². The van der Waals surface area contributed by atoms with Gasteiger partial charge in [0.2, 0.25) is 5.90 Å². The van der Waals surface area contributed by atoms with Crippen LogP contribution in [-0.2, 0) is 9.53 Å². The van der Waals surface area contributed by atoms with Gasteiger partial charge in [-0.05, 0) is 52.3 Å². The van der Waals surface area contributed by atoms with E-state index in [1.807, 2.05) is 35.7 Å². The fourth-order valence-corrected chi connectivity index (χ4v) is 3.30. The van der Waals surface area contributed by atoms with Crippen molar-refractivity contribution in [2.75, 3.05) is 0 Å². The molecule has 3 rings (SSSR count). The molecule has 0 aliphatic carbocycles. The standard InChI is InChI=1S/C14H7Br2NO2S/c15-9-3-1-8(2-4-9)13-17-12(14(18)19-13)6-11-5-10(16)7-20-11/h1-7H/b12-6-. The second-order valence-corrected chi connectivity index (χ2v) is 6.78. The molecule has 2 aromatic rings. The van der Waals surface area contributed by atoms with E-state index < -0.39 is 5.97 Å². The van der Waals surface area contributed by atoms with E-state index in [1.165, 1.54) is 11.3 Å². The van der Waals surface area contributed by atoms with E-state index in [0.717, 1.165) is 19.4 Å². The molecular weight excluding hydrogens is 406 g/mol. The van der Waals surface area contributed by atoms with Crippen molar-refractivity contribution in [3.63, 3.8) is 0 Å².